The van der Waals surface area contributed by atoms with E-state index in [0.717, 1.165) is 57.8 Å². The van der Waals surface area contributed by atoms with E-state index in [1.165, 1.54) is 58.2 Å². The topological polar surface area (TPSA) is 149 Å². The maximum absolute atomic E-state index is 12.8. The minimum Gasteiger partial charge on any atom is -0.542 e. The average molecular weight is 1110 g/mol. The van der Waals surface area contributed by atoms with E-state index in [1.807, 2.05) is 55.4 Å². The fourth-order valence-corrected chi connectivity index (χ4v) is 5.15. The molecule has 0 N–H and O–H groups in total. The molecule has 3 unspecified atom stereocenters. The van der Waals surface area contributed by atoms with Crippen molar-refractivity contribution in [1.82, 2.24) is 0 Å². The van der Waals surface area contributed by atoms with Crippen LogP contribution in [-0.4, -0.2) is 68.7 Å². The van der Waals surface area contributed by atoms with E-state index in [-0.39, 0.29) is 93.1 Å². The molecule has 0 saturated carbocycles. The van der Waals surface area contributed by atoms with Crippen molar-refractivity contribution in [3.63, 3.8) is 0 Å². The van der Waals surface area contributed by atoms with Crippen LogP contribution < -0.4 is 0 Å². The second kappa shape index (κ2) is 65.7. The van der Waals surface area contributed by atoms with Gasteiger partial charge in [0.25, 0.3) is 0 Å². The number of carbonyl (C=O) groups excluding carboxylic acids is 6. The predicted octanol–water partition coefficient (Wildman–Crippen LogP) is 13.4. The summed E-state index contributed by atoms with van der Waals surface area (Å²) in [6.07, 6.45) is 20.8. The molecule has 62 heavy (non-hydrogen) atoms. The summed E-state index contributed by atoms with van der Waals surface area (Å²) in [5.74, 6) is -1.93. The van der Waals surface area contributed by atoms with E-state index in [4.69, 9.17) is 28.5 Å². The third-order valence-electron chi connectivity index (χ3n) is 8.42. The zero-order valence-corrected chi connectivity index (χ0v) is 46.7. The van der Waals surface area contributed by atoms with Crippen LogP contribution in [-0.2, 0) is 52.5 Å². The molecule has 0 spiro atoms. The SMILES string of the molecule is CC.CC.CCCCCCCCOC(=O)CC(COC(=O)CCCCCCCC)CC(=O)OC(CC)CC(C)COC(=O)CC.CCCCCOC(=O)CC.C[C-]=O.[CH2-]CC.[U+2]. The summed E-state index contributed by atoms with van der Waals surface area (Å²) in [4.78, 5) is 68.3. The summed E-state index contributed by atoms with van der Waals surface area (Å²) >= 11 is 0. The van der Waals surface area contributed by atoms with Gasteiger partial charge in [0.15, 0.2) is 0 Å². The second-order valence-corrected chi connectivity index (χ2v) is 14.3. The van der Waals surface area contributed by atoms with E-state index in [0.29, 0.717) is 45.3 Å². The van der Waals surface area contributed by atoms with E-state index < -0.39 is 11.9 Å². The van der Waals surface area contributed by atoms with Crippen molar-refractivity contribution in [2.75, 3.05) is 26.4 Å². The van der Waals surface area contributed by atoms with Gasteiger partial charge in [-0.25, -0.2) is 0 Å². The molecule has 0 rings (SSSR count). The predicted molar refractivity (Wildman–Crippen MR) is 252 cm³/mol. The fraction of sp³-hybridized carbons (Fsp3) is 0.860. The zero-order valence-electron chi connectivity index (χ0n) is 42.5. The first kappa shape index (κ1) is 74.4. The summed E-state index contributed by atoms with van der Waals surface area (Å²) in [6.45, 7) is 30.0. The Hall–Kier alpha value is -1.93. The number of hydrogen-bond donors (Lipinski definition) is 0. The normalized spacial score (nSPS) is 10.9. The van der Waals surface area contributed by atoms with Gasteiger partial charge in [-0.2, -0.15) is 13.3 Å². The molecule has 0 fully saturated rings. The molecule has 0 aromatic rings. The zero-order chi connectivity index (χ0) is 48.0. The average Bonchev–Trinajstić information content (AvgIpc) is 3.26. The van der Waals surface area contributed by atoms with Crippen molar-refractivity contribution < 1.29 is 83.6 Å². The van der Waals surface area contributed by atoms with Crippen LogP contribution in [0.1, 0.15) is 238 Å². The van der Waals surface area contributed by atoms with Gasteiger partial charge in [0.05, 0.1) is 39.3 Å². The third-order valence-corrected chi connectivity index (χ3v) is 8.42. The Bertz CT molecular complexity index is 946. The molecule has 0 aromatic carbocycles. The fourth-order valence-electron chi connectivity index (χ4n) is 5.15. The van der Waals surface area contributed by atoms with Crippen molar-refractivity contribution in [2.45, 2.75) is 244 Å². The van der Waals surface area contributed by atoms with Gasteiger partial charge in [-0.1, -0.05) is 160 Å². The molecule has 3 atom stereocenters. The molecule has 0 aliphatic carbocycles. The van der Waals surface area contributed by atoms with Crippen LogP contribution in [0.15, 0.2) is 0 Å². The van der Waals surface area contributed by atoms with Crippen LogP contribution in [0.4, 0.5) is 0 Å². The van der Waals surface area contributed by atoms with E-state index in [2.05, 4.69) is 27.7 Å². The van der Waals surface area contributed by atoms with Gasteiger partial charge >= 0.3 is 61.0 Å². The molecule has 0 amide bonds. The van der Waals surface area contributed by atoms with Crippen LogP contribution in [0.2, 0.25) is 0 Å². The Balaban J connectivity index is -0.000000240. The van der Waals surface area contributed by atoms with Crippen LogP contribution in [0.3, 0.4) is 0 Å². The molecule has 0 saturated heterocycles. The molecule has 368 valence electrons. The Morgan fingerprint density at radius 1 is 0.532 bits per heavy atom. The largest absolute Gasteiger partial charge is 2.00 e. The van der Waals surface area contributed by atoms with E-state index >= 15 is 0 Å². The number of hydrogen-bond acceptors (Lipinski definition) is 11. The standard InChI is InChI=1S/C33H60O8.C8H16O2.C3H7.C2H3O.2C2H6.U/c1-6-10-12-14-16-18-20-31(35)40-26-28(23-32(36)38-21-19-17-15-13-11-7-2)24-33(37)41-29(8-3)22-27(5)25-39-30(34)9-4;1-3-5-6-7-10-8(9)4-2;1-3-2;1-2-3;2*1-2;/h27-29H,6-26H2,1-5H3;3-7H2,1-2H3;1,3H2,2H3;1H3;2*1-2H3;/q;;2*-1;;;+2. The van der Waals surface area contributed by atoms with Gasteiger partial charge in [0, 0.05) is 25.2 Å². The number of unbranched alkanes of at least 4 members (excludes halogenated alkanes) is 12. The first-order chi connectivity index (χ1) is 29.4. The summed E-state index contributed by atoms with van der Waals surface area (Å²) in [5, 5.41) is 0. The van der Waals surface area contributed by atoms with Crippen molar-refractivity contribution >= 4 is 36.1 Å². The van der Waals surface area contributed by atoms with Gasteiger partial charge in [0.2, 0.25) is 0 Å². The molecule has 0 aromatic heterocycles. The van der Waals surface area contributed by atoms with Gasteiger partial charge in [-0.3, -0.25) is 30.3 Å². The molecular formula is C50H98O11U. The van der Waals surface area contributed by atoms with Crippen LogP contribution in [0.25, 0.3) is 0 Å². The second-order valence-electron chi connectivity index (χ2n) is 14.3. The summed E-state index contributed by atoms with van der Waals surface area (Å²) in [5.41, 5.74) is 0. The van der Waals surface area contributed by atoms with Crippen molar-refractivity contribution in [2.24, 2.45) is 11.8 Å². The van der Waals surface area contributed by atoms with Gasteiger partial charge in [-0.15, -0.1) is 0 Å². The molecule has 0 radical (unpaired) electrons. The van der Waals surface area contributed by atoms with E-state index in [9.17, 15) is 24.0 Å². The minimum absolute atomic E-state index is 0. The number of esters is 5. The van der Waals surface area contributed by atoms with Crippen molar-refractivity contribution in [1.29, 1.82) is 0 Å². The monoisotopic (exact) mass is 1110 g/mol. The first-order valence-corrected chi connectivity index (χ1v) is 24.3. The summed E-state index contributed by atoms with van der Waals surface area (Å²) in [6, 6.07) is 0. The Morgan fingerprint density at radius 2 is 0.903 bits per heavy atom. The van der Waals surface area contributed by atoms with Gasteiger partial charge in [0.1, 0.15) is 6.10 Å². The van der Waals surface area contributed by atoms with Gasteiger partial charge in [-0.05, 0) is 38.0 Å². The third kappa shape index (κ3) is 67.2. The van der Waals surface area contributed by atoms with Crippen LogP contribution in [0.5, 0.6) is 0 Å². The molecule has 0 aliphatic heterocycles. The number of rotatable bonds is 32. The molecule has 11 nitrogen and oxygen atoms in total. The van der Waals surface area contributed by atoms with Crippen LogP contribution in [0, 0.1) is 49.9 Å². The quantitative estimate of drug-likeness (QED) is 0.0274. The molecular weight excluding hydrogens is 1010 g/mol. The molecule has 12 heteroatoms. The van der Waals surface area contributed by atoms with Gasteiger partial charge < -0.3 is 35.4 Å². The van der Waals surface area contributed by atoms with Crippen molar-refractivity contribution in [3.8, 4) is 0 Å². The Morgan fingerprint density at radius 3 is 1.37 bits per heavy atom. The number of ether oxygens (including phenoxy) is 5. The maximum atomic E-state index is 12.8. The Kier molecular flexibility index (Phi) is 78.8. The molecule has 0 aliphatic rings. The van der Waals surface area contributed by atoms with E-state index in [1.54, 1.807) is 6.92 Å². The summed E-state index contributed by atoms with van der Waals surface area (Å²) in [7, 11) is 0. The maximum Gasteiger partial charge on any atom is 2.00 e. The van der Waals surface area contributed by atoms with Crippen LogP contribution >= 0.6 is 0 Å². The van der Waals surface area contributed by atoms with Crippen molar-refractivity contribution in [3.05, 3.63) is 6.92 Å². The Labute approximate surface area is 406 Å². The minimum atomic E-state index is -0.506. The summed E-state index contributed by atoms with van der Waals surface area (Å²) < 4.78 is 26.7. The number of carbonyl (C=O) groups is 5. The molecule has 0 heterocycles. The smallest absolute Gasteiger partial charge is 0.542 e. The molecule has 0 bridgehead atoms. The first-order valence-electron chi connectivity index (χ1n) is 24.3.